The molecule has 0 aliphatic rings. The first kappa shape index (κ1) is 14.3. The molecule has 3 aromatic rings. The highest BCUT2D eigenvalue weighted by molar-refractivity contribution is 7.20. The standard InChI is InChI=1S/C16H14N2O3S/c1-21-12-5-2-10(3-6-12)9-17-15(20)16-18-13-7-4-11(19)8-14(13)22-16/h2-8,19H,9H2,1H3,(H,17,20). The van der Waals surface area contributed by atoms with Crippen molar-refractivity contribution in [3.8, 4) is 11.5 Å². The van der Waals surface area contributed by atoms with Crippen molar-refractivity contribution in [1.29, 1.82) is 0 Å². The summed E-state index contributed by atoms with van der Waals surface area (Å²) >= 11 is 1.26. The van der Waals surface area contributed by atoms with Gasteiger partial charge in [-0.25, -0.2) is 4.98 Å². The van der Waals surface area contributed by atoms with E-state index in [1.165, 1.54) is 11.3 Å². The molecule has 1 heterocycles. The van der Waals surface area contributed by atoms with Gasteiger partial charge in [0, 0.05) is 6.54 Å². The van der Waals surface area contributed by atoms with Gasteiger partial charge in [0.25, 0.3) is 5.91 Å². The smallest absolute Gasteiger partial charge is 0.280 e. The molecule has 22 heavy (non-hydrogen) atoms. The van der Waals surface area contributed by atoms with Gasteiger partial charge in [0.15, 0.2) is 5.01 Å². The van der Waals surface area contributed by atoms with Gasteiger partial charge in [0.05, 0.1) is 17.3 Å². The molecule has 112 valence electrons. The Labute approximate surface area is 131 Å². The molecule has 0 saturated heterocycles. The zero-order valence-corrected chi connectivity index (χ0v) is 12.7. The van der Waals surface area contributed by atoms with Crippen LogP contribution in [0.25, 0.3) is 10.2 Å². The fourth-order valence-electron chi connectivity index (χ4n) is 2.01. The third kappa shape index (κ3) is 3.01. The third-order valence-corrected chi connectivity index (χ3v) is 4.20. The fraction of sp³-hybridized carbons (Fsp3) is 0.125. The van der Waals surface area contributed by atoms with E-state index >= 15 is 0 Å². The number of hydrogen-bond acceptors (Lipinski definition) is 5. The number of thiazole rings is 1. The molecule has 2 N–H and O–H groups in total. The van der Waals surface area contributed by atoms with Crippen LogP contribution < -0.4 is 10.1 Å². The van der Waals surface area contributed by atoms with Gasteiger partial charge in [0.1, 0.15) is 11.5 Å². The predicted octanol–water partition coefficient (Wildman–Crippen LogP) is 2.94. The number of ether oxygens (including phenoxy) is 1. The van der Waals surface area contributed by atoms with Gasteiger partial charge in [0.2, 0.25) is 0 Å². The summed E-state index contributed by atoms with van der Waals surface area (Å²) in [7, 11) is 1.61. The lowest BCUT2D eigenvalue weighted by Gasteiger charge is -2.04. The number of phenolic OH excluding ortho intramolecular Hbond substituents is 1. The molecule has 0 aliphatic heterocycles. The van der Waals surface area contributed by atoms with E-state index in [9.17, 15) is 9.90 Å². The average molecular weight is 314 g/mol. The van der Waals surface area contributed by atoms with E-state index in [2.05, 4.69) is 10.3 Å². The number of methoxy groups -OCH3 is 1. The van der Waals surface area contributed by atoms with Gasteiger partial charge in [-0.1, -0.05) is 12.1 Å². The summed E-state index contributed by atoms with van der Waals surface area (Å²) in [4.78, 5) is 16.4. The molecule has 6 heteroatoms. The Morgan fingerprint density at radius 3 is 2.77 bits per heavy atom. The Kier molecular flexibility index (Phi) is 3.93. The highest BCUT2D eigenvalue weighted by Crippen LogP contribution is 2.25. The number of phenols is 1. The van der Waals surface area contributed by atoms with Crippen LogP contribution in [0.15, 0.2) is 42.5 Å². The number of carbonyl (C=O) groups excluding carboxylic acids is 1. The van der Waals surface area contributed by atoms with Crippen LogP contribution in [0.1, 0.15) is 15.4 Å². The molecule has 0 spiro atoms. The summed E-state index contributed by atoms with van der Waals surface area (Å²) < 4.78 is 5.88. The molecule has 0 fully saturated rings. The van der Waals surface area contributed by atoms with Crippen LogP contribution in [-0.4, -0.2) is 23.1 Å². The maximum absolute atomic E-state index is 12.1. The molecule has 1 amide bonds. The zero-order valence-electron chi connectivity index (χ0n) is 11.9. The van der Waals surface area contributed by atoms with Crippen LogP contribution in [0, 0.1) is 0 Å². The Hall–Kier alpha value is -2.60. The number of carbonyl (C=O) groups is 1. The summed E-state index contributed by atoms with van der Waals surface area (Å²) in [6.07, 6.45) is 0. The van der Waals surface area contributed by atoms with E-state index in [-0.39, 0.29) is 11.7 Å². The van der Waals surface area contributed by atoms with Crippen molar-refractivity contribution in [2.45, 2.75) is 6.54 Å². The Morgan fingerprint density at radius 1 is 1.27 bits per heavy atom. The topological polar surface area (TPSA) is 71.5 Å². The van der Waals surface area contributed by atoms with Gasteiger partial charge >= 0.3 is 0 Å². The second-order valence-electron chi connectivity index (χ2n) is 4.70. The lowest BCUT2D eigenvalue weighted by atomic mass is 10.2. The molecule has 2 aromatic carbocycles. The van der Waals surface area contributed by atoms with E-state index < -0.39 is 0 Å². The number of amides is 1. The van der Waals surface area contributed by atoms with E-state index in [0.717, 1.165) is 16.0 Å². The van der Waals surface area contributed by atoms with E-state index in [1.54, 1.807) is 25.3 Å². The van der Waals surface area contributed by atoms with E-state index in [0.29, 0.717) is 17.1 Å². The summed E-state index contributed by atoms with van der Waals surface area (Å²) in [5.41, 5.74) is 1.69. The number of rotatable bonds is 4. The molecule has 1 aromatic heterocycles. The lowest BCUT2D eigenvalue weighted by Crippen LogP contribution is -2.22. The van der Waals surface area contributed by atoms with Crippen molar-refractivity contribution in [3.05, 3.63) is 53.0 Å². The first-order valence-corrected chi connectivity index (χ1v) is 7.48. The van der Waals surface area contributed by atoms with Crippen molar-refractivity contribution >= 4 is 27.5 Å². The molecule has 0 saturated carbocycles. The molecule has 0 aliphatic carbocycles. The average Bonchev–Trinajstić information content (AvgIpc) is 2.96. The lowest BCUT2D eigenvalue weighted by molar-refractivity contribution is 0.0950. The maximum atomic E-state index is 12.1. The number of hydrogen-bond donors (Lipinski definition) is 2. The zero-order chi connectivity index (χ0) is 15.5. The Balaban J connectivity index is 1.69. The predicted molar refractivity (Wildman–Crippen MR) is 85.4 cm³/mol. The number of nitrogens with one attached hydrogen (secondary N) is 1. The molecule has 0 unspecified atom stereocenters. The van der Waals surface area contributed by atoms with Gasteiger partial charge < -0.3 is 15.2 Å². The Morgan fingerprint density at radius 2 is 2.05 bits per heavy atom. The second-order valence-corrected chi connectivity index (χ2v) is 5.73. The molecule has 5 nitrogen and oxygen atoms in total. The van der Waals surface area contributed by atoms with Crippen LogP contribution in [0.3, 0.4) is 0 Å². The number of aromatic hydroxyl groups is 1. The van der Waals surface area contributed by atoms with Gasteiger partial charge in [-0.05, 0) is 35.9 Å². The molecule has 0 atom stereocenters. The van der Waals surface area contributed by atoms with Crippen molar-refractivity contribution in [1.82, 2.24) is 10.3 Å². The van der Waals surface area contributed by atoms with Crippen LogP contribution in [0.4, 0.5) is 0 Å². The van der Waals surface area contributed by atoms with Crippen LogP contribution in [0.2, 0.25) is 0 Å². The quantitative estimate of drug-likeness (QED) is 0.776. The summed E-state index contributed by atoms with van der Waals surface area (Å²) in [5.74, 6) is 0.721. The van der Waals surface area contributed by atoms with Gasteiger partial charge in [-0.3, -0.25) is 4.79 Å². The molecule has 0 bridgehead atoms. The van der Waals surface area contributed by atoms with Crippen molar-refractivity contribution in [2.75, 3.05) is 7.11 Å². The Bertz CT molecular complexity index is 812. The first-order valence-electron chi connectivity index (χ1n) is 6.66. The highest BCUT2D eigenvalue weighted by Gasteiger charge is 2.12. The fourth-order valence-corrected chi connectivity index (χ4v) is 2.93. The third-order valence-electron chi connectivity index (χ3n) is 3.18. The minimum atomic E-state index is -0.225. The molecule has 3 rings (SSSR count). The van der Waals surface area contributed by atoms with Gasteiger partial charge in [-0.15, -0.1) is 11.3 Å². The minimum Gasteiger partial charge on any atom is -0.508 e. The number of benzene rings is 2. The summed E-state index contributed by atoms with van der Waals surface area (Å²) in [6, 6.07) is 12.4. The van der Waals surface area contributed by atoms with Crippen LogP contribution >= 0.6 is 11.3 Å². The molecular formula is C16H14N2O3S. The summed E-state index contributed by atoms with van der Waals surface area (Å²) in [5, 5.41) is 12.7. The van der Waals surface area contributed by atoms with Crippen molar-refractivity contribution in [3.63, 3.8) is 0 Å². The van der Waals surface area contributed by atoms with E-state index in [4.69, 9.17) is 4.74 Å². The maximum Gasteiger partial charge on any atom is 0.280 e. The number of fused-ring (bicyclic) bond motifs is 1. The van der Waals surface area contributed by atoms with Gasteiger partial charge in [-0.2, -0.15) is 0 Å². The second kappa shape index (κ2) is 6.03. The largest absolute Gasteiger partial charge is 0.508 e. The summed E-state index contributed by atoms with van der Waals surface area (Å²) in [6.45, 7) is 0.421. The van der Waals surface area contributed by atoms with E-state index in [1.807, 2.05) is 24.3 Å². The monoisotopic (exact) mass is 314 g/mol. The van der Waals surface area contributed by atoms with Crippen LogP contribution in [-0.2, 0) is 6.54 Å². The SMILES string of the molecule is COc1ccc(CNC(=O)c2nc3ccc(O)cc3s2)cc1. The highest BCUT2D eigenvalue weighted by atomic mass is 32.1. The van der Waals surface area contributed by atoms with Crippen molar-refractivity contribution in [2.24, 2.45) is 0 Å². The number of nitrogens with zero attached hydrogens (tertiary/aromatic N) is 1. The molecule has 0 radical (unpaired) electrons. The molecular weight excluding hydrogens is 300 g/mol. The van der Waals surface area contributed by atoms with Crippen molar-refractivity contribution < 1.29 is 14.6 Å². The normalized spacial score (nSPS) is 10.6. The number of aromatic nitrogens is 1. The van der Waals surface area contributed by atoms with Crippen LogP contribution in [0.5, 0.6) is 11.5 Å². The minimum absolute atomic E-state index is 0.168. The first-order chi connectivity index (χ1) is 10.7.